The van der Waals surface area contributed by atoms with Gasteiger partial charge < -0.3 is 15.1 Å². The zero-order chi connectivity index (χ0) is 19.8. The second-order valence-corrected chi connectivity index (χ2v) is 7.95. The van der Waals surface area contributed by atoms with Crippen molar-refractivity contribution in [3.63, 3.8) is 0 Å². The van der Waals surface area contributed by atoms with Crippen molar-refractivity contribution in [2.24, 2.45) is 10.9 Å². The van der Waals surface area contributed by atoms with Crippen LogP contribution in [0.5, 0.6) is 0 Å². The number of likely N-dealkylation sites (N-methyl/N-ethyl adjacent to an activating group) is 1. The van der Waals surface area contributed by atoms with E-state index in [1.165, 1.54) is 11.1 Å². The molecule has 1 aromatic carbocycles. The second kappa shape index (κ2) is 12.3. The number of guanidine groups is 1. The molecule has 1 aliphatic heterocycles. The highest BCUT2D eigenvalue weighted by Crippen LogP contribution is 2.10. The summed E-state index contributed by atoms with van der Waals surface area (Å²) in [5, 5.41) is 3.44. The van der Waals surface area contributed by atoms with Crippen molar-refractivity contribution in [1.29, 1.82) is 0 Å². The Balaban J connectivity index is 0.00000392. The molecule has 0 saturated carbocycles. The molecule has 158 valence electrons. The second-order valence-electron chi connectivity index (χ2n) is 7.95. The predicted molar refractivity (Wildman–Crippen MR) is 127 cm³/mol. The van der Waals surface area contributed by atoms with E-state index in [-0.39, 0.29) is 36.4 Å². The summed E-state index contributed by atoms with van der Waals surface area (Å²) in [5.74, 6) is 1.41. The first-order valence-electron chi connectivity index (χ1n) is 9.86. The number of amides is 1. The van der Waals surface area contributed by atoms with E-state index in [1.54, 1.807) is 19.0 Å². The first-order valence-corrected chi connectivity index (χ1v) is 9.86. The minimum absolute atomic E-state index is 0. The third kappa shape index (κ3) is 8.34. The van der Waals surface area contributed by atoms with Crippen molar-refractivity contribution in [2.75, 3.05) is 53.4 Å². The summed E-state index contributed by atoms with van der Waals surface area (Å²) < 4.78 is 0. The van der Waals surface area contributed by atoms with Crippen LogP contribution in [0.1, 0.15) is 25.0 Å². The van der Waals surface area contributed by atoms with Gasteiger partial charge in [0.2, 0.25) is 5.91 Å². The van der Waals surface area contributed by atoms with Crippen LogP contribution in [0.15, 0.2) is 29.3 Å². The van der Waals surface area contributed by atoms with Gasteiger partial charge in [0.05, 0.1) is 0 Å². The number of carbonyl (C=O) groups excluding carboxylic acids is 1. The number of hydrogen-bond acceptors (Lipinski definition) is 3. The van der Waals surface area contributed by atoms with E-state index >= 15 is 0 Å². The Hall–Kier alpha value is -1.35. The minimum Gasteiger partial charge on any atom is -0.356 e. The largest absolute Gasteiger partial charge is 0.356 e. The first-order chi connectivity index (χ1) is 12.8. The molecule has 1 N–H and O–H groups in total. The van der Waals surface area contributed by atoms with Crippen LogP contribution in [0.2, 0.25) is 0 Å². The summed E-state index contributed by atoms with van der Waals surface area (Å²) in [6, 6.07) is 8.72. The number of halogens is 1. The van der Waals surface area contributed by atoms with Gasteiger partial charge in [-0.05, 0) is 18.4 Å². The Morgan fingerprint density at radius 3 is 2.46 bits per heavy atom. The van der Waals surface area contributed by atoms with Crippen LogP contribution in [0.4, 0.5) is 0 Å². The first kappa shape index (κ1) is 24.7. The van der Waals surface area contributed by atoms with E-state index in [0.29, 0.717) is 5.92 Å². The van der Waals surface area contributed by atoms with Gasteiger partial charge in [0, 0.05) is 53.4 Å². The zero-order valence-corrected chi connectivity index (χ0v) is 20.3. The fourth-order valence-electron chi connectivity index (χ4n) is 3.03. The fraction of sp³-hybridized carbons (Fsp3) is 0.619. The molecule has 0 aliphatic carbocycles. The number of benzene rings is 1. The number of carbonyl (C=O) groups is 1. The number of nitrogens with zero attached hydrogens (tertiary/aromatic N) is 4. The molecule has 0 unspecified atom stereocenters. The van der Waals surface area contributed by atoms with Gasteiger partial charge in [0.15, 0.2) is 5.96 Å². The summed E-state index contributed by atoms with van der Waals surface area (Å²) in [6.07, 6.45) is 0. The maximum absolute atomic E-state index is 11.9. The highest BCUT2D eigenvalue weighted by atomic mass is 127. The molecule has 7 heteroatoms. The molecule has 1 fully saturated rings. The van der Waals surface area contributed by atoms with Crippen LogP contribution in [0.3, 0.4) is 0 Å². The van der Waals surface area contributed by atoms with Crippen LogP contribution in [0, 0.1) is 12.8 Å². The number of piperazine rings is 1. The Bertz CT molecular complexity index is 639. The van der Waals surface area contributed by atoms with E-state index in [1.807, 2.05) is 0 Å². The standard InChI is InChI=1S/C21H35N5O.HI/c1-17(2)14-22-21(23-15-20(27)24(4)5)26-11-9-25(10-12-26)16-19-8-6-7-18(3)13-19;/h6-8,13,17H,9-12,14-16H2,1-5H3,(H,22,23);1H. The molecule has 0 aromatic heterocycles. The molecule has 0 spiro atoms. The van der Waals surface area contributed by atoms with Crippen LogP contribution in [0.25, 0.3) is 0 Å². The molecule has 2 rings (SSSR count). The van der Waals surface area contributed by atoms with E-state index in [9.17, 15) is 4.79 Å². The summed E-state index contributed by atoms with van der Waals surface area (Å²) in [7, 11) is 3.53. The maximum atomic E-state index is 11.9. The smallest absolute Gasteiger partial charge is 0.243 e. The Morgan fingerprint density at radius 2 is 1.89 bits per heavy atom. The maximum Gasteiger partial charge on any atom is 0.243 e. The lowest BCUT2D eigenvalue weighted by atomic mass is 10.1. The molecule has 1 saturated heterocycles. The molecule has 1 heterocycles. The number of rotatable bonds is 6. The summed E-state index contributed by atoms with van der Waals surface area (Å²) in [4.78, 5) is 22.8. The van der Waals surface area contributed by atoms with Crippen LogP contribution in [-0.4, -0.2) is 79.9 Å². The van der Waals surface area contributed by atoms with Gasteiger partial charge in [0.1, 0.15) is 6.54 Å². The molecular formula is C21H36IN5O. The quantitative estimate of drug-likeness (QED) is 0.370. The van der Waals surface area contributed by atoms with Gasteiger partial charge >= 0.3 is 0 Å². The van der Waals surface area contributed by atoms with Gasteiger partial charge in [0.25, 0.3) is 0 Å². The molecule has 1 amide bonds. The van der Waals surface area contributed by atoms with Crippen LogP contribution >= 0.6 is 24.0 Å². The third-order valence-corrected chi connectivity index (χ3v) is 4.69. The number of aliphatic imine (C=N–C) groups is 1. The van der Waals surface area contributed by atoms with Gasteiger partial charge in [-0.2, -0.15) is 0 Å². The van der Waals surface area contributed by atoms with Crippen molar-refractivity contribution < 1.29 is 4.79 Å². The monoisotopic (exact) mass is 501 g/mol. The van der Waals surface area contributed by atoms with Gasteiger partial charge in [-0.15, -0.1) is 24.0 Å². The Morgan fingerprint density at radius 1 is 1.21 bits per heavy atom. The lowest BCUT2D eigenvalue weighted by Crippen LogP contribution is -2.52. The lowest BCUT2D eigenvalue weighted by Gasteiger charge is -2.37. The van der Waals surface area contributed by atoms with Crippen molar-refractivity contribution in [2.45, 2.75) is 27.3 Å². The highest BCUT2D eigenvalue weighted by Gasteiger charge is 2.20. The summed E-state index contributed by atoms with van der Waals surface area (Å²) in [6.45, 7) is 12.4. The molecule has 0 atom stereocenters. The molecule has 1 aliphatic rings. The normalized spacial score (nSPS) is 15.4. The fourth-order valence-corrected chi connectivity index (χ4v) is 3.03. The topological polar surface area (TPSA) is 51.2 Å². The molecule has 0 radical (unpaired) electrons. The van der Waals surface area contributed by atoms with E-state index < -0.39 is 0 Å². The van der Waals surface area contributed by atoms with Crippen molar-refractivity contribution in [3.8, 4) is 0 Å². The SMILES string of the molecule is Cc1cccc(CN2CCN(C(=NCC(=O)N(C)C)NCC(C)C)CC2)c1.I. The Kier molecular flexibility index (Phi) is 10.8. The van der Waals surface area contributed by atoms with E-state index in [2.05, 4.69) is 65.1 Å². The molecule has 28 heavy (non-hydrogen) atoms. The summed E-state index contributed by atoms with van der Waals surface area (Å²) >= 11 is 0. The van der Waals surface area contributed by atoms with Crippen molar-refractivity contribution in [3.05, 3.63) is 35.4 Å². The molecule has 1 aromatic rings. The number of hydrogen-bond donors (Lipinski definition) is 1. The molecular weight excluding hydrogens is 465 g/mol. The van der Waals surface area contributed by atoms with Crippen molar-refractivity contribution >= 4 is 35.8 Å². The Labute approximate surface area is 187 Å². The van der Waals surface area contributed by atoms with Crippen molar-refractivity contribution in [1.82, 2.24) is 20.0 Å². The average Bonchev–Trinajstić information content (AvgIpc) is 2.62. The minimum atomic E-state index is 0. The number of aryl methyl sites for hydroxylation is 1. The predicted octanol–water partition coefficient (Wildman–Crippen LogP) is 2.42. The number of nitrogens with one attached hydrogen (secondary N) is 1. The van der Waals surface area contributed by atoms with Gasteiger partial charge in [-0.1, -0.05) is 43.7 Å². The van der Waals surface area contributed by atoms with E-state index in [0.717, 1.165) is 45.2 Å². The molecule has 0 bridgehead atoms. The van der Waals surface area contributed by atoms with Crippen LogP contribution < -0.4 is 5.32 Å². The lowest BCUT2D eigenvalue weighted by molar-refractivity contribution is -0.127. The van der Waals surface area contributed by atoms with E-state index in [4.69, 9.17) is 0 Å². The zero-order valence-electron chi connectivity index (χ0n) is 17.9. The molecule has 6 nitrogen and oxygen atoms in total. The van der Waals surface area contributed by atoms with Crippen LogP contribution in [-0.2, 0) is 11.3 Å². The average molecular weight is 501 g/mol. The summed E-state index contributed by atoms with van der Waals surface area (Å²) in [5.41, 5.74) is 2.68. The third-order valence-electron chi connectivity index (χ3n) is 4.69. The van der Waals surface area contributed by atoms with Gasteiger partial charge in [-0.3, -0.25) is 9.69 Å². The van der Waals surface area contributed by atoms with Gasteiger partial charge in [-0.25, -0.2) is 4.99 Å². The highest BCUT2D eigenvalue weighted by molar-refractivity contribution is 14.0.